The van der Waals surface area contributed by atoms with Crippen LogP contribution in [0.3, 0.4) is 0 Å². The molecule has 1 heterocycles. The third-order valence-electron chi connectivity index (χ3n) is 2.40. The third kappa shape index (κ3) is 3.59. The van der Waals surface area contributed by atoms with Gasteiger partial charge in [0.05, 0.1) is 12.5 Å². The zero-order valence-electron chi connectivity index (χ0n) is 8.41. The Hall–Kier alpha value is -0.180. The molecule has 0 N–H and O–H groups in total. The molecule has 1 aliphatic rings. The largest absolute Gasteiger partial charge is 0.466 e. The smallest absolute Gasteiger partial charge is 0.308 e. The van der Waals surface area contributed by atoms with Gasteiger partial charge in [0, 0.05) is 0 Å². The molecule has 0 aromatic rings. The molecule has 0 bridgehead atoms. The molecule has 2 nitrogen and oxygen atoms in total. The number of hydrogen-bond acceptors (Lipinski definition) is 3. The van der Waals surface area contributed by atoms with Gasteiger partial charge >= 0.3 is 5.97 Å². The second-order valence-corrected chi connectivity index (χ2v) is 4.77. The molecule has 2 unspecified atom stereocenters. The quantitative estimate of drug-likeness (QED) is 0.654. The zero-order chi connectivity index (χ0) is 9.68. The molecule has 0 aromatic heterocycles. The van der Waals surface area contributed by atoms with Crippen LogP contribution >= 0.6 is 11.8 Å². The van der Waals surface area contributed by atoms with Crippen molar-refractivity contribution in [3.05, 3.63) is 0 Å². The molecule has 2 atom stereocenters. The number of rotatable bonds is 4. The fourth-order valence-corrected chi connectivity index (χ4v) is 2.95. The topological polar surface area (TPSA) is 26.3 Å². The van der Waals surface area contributed by atoms with Gasteiger partial charge in [-0.05, 0) is 37.2 Å². The summed E-state index contributed by atoms with van der Waals surface area (Å²) < 4.78 is 4.97. The van der Waals surface area contributed by atoms with E-state index in [0.717, 1.165) is 12.3 Å². The van der Waals surface area contributed by atoms with E-state index in [4.69, 9.17) is 4.74 Å². The van der Waals surface area contributed by atoms with Gasteiger partial charge in [0.25, 0.3) is 0 Å². The first-order valence-electron chi connectivity index (χ1n) is 4.98. The van der Waals surface area contributed by atoms with Gasteiger partial charge in [0.1, 0.15) is 0 Å². The summed E-state index contributed by atoms with van der Waals surface area (Å²) in [7, 11) is 0. The Labute approximate surface area is 84.4 Å². The molecule has 3 heteroatoms. The number of carbonyl (C=O) groups excluding carboxylic acids is 1. The van der Waals surface area contributed by atoms with Gasteiger partial charge in [-0.1, -0.05) is 6.92 Å². The van der Waals surface area contributed by atoms with Crippen molar-refractivity contribution in [1.29, 1.82) is 0 Å². The summed E-state index contributed by atoms with van der Waals surface area (Å²) in [5, 5.41) is 0. The SMILES string of the molecule is CCOC(=O)C(C)CC1CCSC1. The van der Waals surface area contributed by atoms with Crippen LogP contribution in [0.25, 0.3) is 0 Å². The Morgan fingerprint density at radius 1 is 1.69 bits per heavy atom. The van der Waals surface area contributed by atoms with E-state index in [-0.39, 0.29) is 11.9 Å². The Balaban J connectivity index is 2.22. The van der Waals surface area contributed by atoms with Crippen molar-refractivity contribution in [2.24, 2.45) is 11.8 Å². The summed E-state index contributed by atoms with van der Waals surface area (Å²) in [6.45, 7) is 4.33. The van der Waals surface area contributed by atoms with Crippen molar-refractivity contribution in [2.75, 3.05) is 18.1 Å². The lowest BCUT2D eigenvalue weighted by Gasteiger charge is -2.13. The van der Waals surface area contributed by atoms with Crippen LogP contribution in [-0.4, -0.2) is 24.1 Å². The molecule has 0 saturated carbocycles. The lowest BCUT2D eigenvalue weighted by molar-refractivity contribution is -0.147. The van der Waals surface area contributed by atoms with Crippen molar-refractivity contribution >= 4 is 17.7 Å². The van der Waals surface area contributed by atoms with E-state index in [0.29, 0.717) is 6.61 Å². The number of esters is 1. The van der Waals surface area contributed by atoms with E-state index in [9.17, 15) is 4.79 Å². The van der Waals surface area contributed by atoms with Crippen LogP contribution in [0.5, 0.6) is 0 Å². The van der Waals surface area contributed by atoms with Gasteiger partial charge < -0.3 is 4.74 Å². The standard InChI is InChI=1S/C10H18O2S/c1-3-12-10(11)8(2)6-9-4-5-13-7-9/h8-9H,3-7H2,1-2H3. The van der Waals surface area contributed by atoms with Crippen molar-refractivity contribution in [3.8, 4) is 0 Å². The fourth-order valence-electron chi connectivity index (χ4n) is 1.65. The van der Waals surface area contributed by atoms with Gasteiger partial charge in [0.2, 0.25) is 0 Å². The predicted molar refractivity (Wildman–Crippen MR) is 55.8 cm³/mol. The molecule has 0 aliphatic carbocycles. The first-order chi connectivity index (χ1) is 6.24. The highest BCUT2D eigenvalue weighted by Gasteiger charge is 2.22. The molecule has 1 fully saturated rings. The normalized spacial score (nSPS) is 24.3. The second kappa shape index (κ2) is 5.53. The summed E-state index contributed by atoms with van der Waals surface area (Å²) in [6.07, 6.45) is 2.28. The van der Waals surface area contributed by atoms with E-state index < -0.39 is 0 Å². The number of ether oxygens (including phenoxy) is 1. The van der Waals surface area contributed by atoms with Crippen LogP contribution in [0.1, 0.15) is 26.7 Å². The summed E-state index contributed by atoms with van der Waals surface area (Å²) in [6, 6.07) is 0. The highest BCUT2D eigenvalue weighted by molar-refractivity contribution is 7.99. The molecule has 1 rings (SSSR count). The molecule has 13 heavy (non-hydrogen) atoms. The molecule has 0 spiro atoms. The second-order valence-electron chi connectivity index (χ2n) is 3.62. The highest BCUT2D eigenvalue weighted by Crippen LogP contribution is 2.28. The summed E-state index contributed by atoms with van der Waals surface area (Å²) in [5.41, 5.74) is 0. The van der Waals surface area contributed by atoms with E-state index >= 15 is 0 Å². The molecular weight excluding hydrogens is 184 g/mol. The monoisotopic (exact) mass is 202 g/mol. The van der Waals surface area contributed by atoms with Crippen LogP contribution in [0.2, 0.25) is 0 Å². The molecular formula is C10H18O2S. The summed E-state index contributed by atoms with van der Waals surface area (Å²) >= 11 is 2.00. The molecule has 0 amide bonds. The van der Waals surface area contributed by atoms with Crippen LogP contribution in [0, 0.1) is 11.8 Å². The van der Waals surface area contributed by atoms with Crippen LogP contribution in [0.4, 0.5) is 0 Å². The number of thioether (sulfide) groups is 1. The molecule has 76 valence electrons. The minimum atomic E-state index is -0.0283. The Kier molecular flexibility index (Phi) is 4.64. The first-order valence-corrected chi connectivity index (χ1v) is 6.14. The average molecular weight is 202 g/mol. The van der Waals surface area contributed by atoms with Crippen molar-refractivity contribution in [3.63, 3.8) is 0 Å². The molecule has 0 radical (unpaired) electrons. The zero-order valence-corrected chi connectivity index (χ0v) is 9.23. The molecule has 1 aliphatic heterocycles. The Bertz CT molecular complexity index is 164. The highest BCUT2D eigenvalue weighted by atomic mass is 32.2. The average Bonchev–Trinajstić information content (AvgIpc) is 2.57. The van der Waals surface area contributed by atoms with E-state index in [1.54, 1.807) is 0 Å². The van der Waals surface area contributed by atoms with Gasteiger partial charge in [-0.15, -0.1) is 0 Å². The Morgan fingerprint density at radius 2 is 2.46 bits per heavy atom. The minimum Gasteiger partial charge on any atom is -0.466 e. The molecule has 0 aromatic carbocycles. The van der Waals surface area contributed by atoms with Gasteiger partial charge in [-0.2, -0.15) is 11.8 Å². The summed E-state index contributed by atoms with van der Waals surface area (Å²) in [5.74, 6) is 3.29. The van der Waals surface area contributed by atoms with Gasteiger partial charge in [0.15, 0.2) is 0 Å². The number of hydrogen-bond donors (Lipinski definition) is 0. The maximum atomic E-state index is 11.3. The van der Waals surface area contributed by atoms with Crippen molar-refractivity contribution < 1.29 is 9.53 Å². The first kappa shape index (κ1) is 10.9. The van der Waals surface area contributed by atoms with Crippen LogP contribution in [-0.2, 0) is 9.53 Å². The van der Waals surface area contributed by atoms with Crippen molar-refractivity contribution in [1.82, 2.24) is 0 Å². The summed E-state index contributed by atoms with van der Waals surface area (Å²) in [4.78, 5) is 11.3. The Morgan fingerprint density at radius 3 is 3.00 bits per heavy atom. The van der Waals surface area contributed by atoms with E-state index in [1.807, 2.05) is 25.6 Å². The maximum absolute atomic E-state index is 11.3. The van der Waals surface area contributed by atoms with Crippen molar-refractivity contribution in [2.45, 2.75) is 26.7 Å². The lowest BCUT2D eigenvalue weighted by Crippen LogP contribution is -2.18. The van der Waals surface area contributed by atoms with Gasteiger partial charge in [-0.25, -0.2) is 0 Å². The van der Waals surface area contributed by atoms with Crippen LogP contribution < -0.4 is 0 Å². The third-order valence-corrected chi connectivity index (χ3v) is 3.63. The predicted octanol–water partition coefficient (Wildman–Crippen LogP) is 2.33. The maximum Gasteiger partial charge on any atom is 0.308 e. The number of carbonyl (C=O) groups is 1. The lowest BCUT2D eigenvalue weighted by atomic mass is 9.95. The van der Waals surface area contributed by atoms with E-state index in [2.05, 4.69) is 0 Å². The van der Waals surface area contributed by atoms with Crippen LogP contribution in [0.15, 0.2) is 0 Å². The minimum absolute atomic E-state index is 0.0283. The fraction of sp³-hybridized carbons (Fsp3) is 0.900. The molecule has 1 saturated heterocycles. The van der Waals surface area contributed by atoms with E-state index in [1.165, 1.54) is 17.9 Å². The van der Waals surface area contributed by atoms with Gasteiger partial charge in [-0.3, -0.25) is 4.79 Å².